The Morgan fingerprint density at radius 1 is 1.37 bits per heavy atom. The second-order valence-corrected chi connectivity index (χ2v) is 5.13. The molecule has 1 aliphatic rings. The van der Waals surface area contributed by atoms with Crippen LogP contribution in [0.1, 0.15) is 43.5 Å². The highest BCUT2D eigenvalue weighted by Crippen LogP contribution is 2.32. The number of rotatable bonds is 5. The largest absolute Gasteiger partial charge is 0.348 e. The number of nitrogens with zero attached hydrogens (tertiary/aromatic N) is 2. The summed E-state index contributed by atoms with van der Waals surface area (Å²) in [5.41, 5.74) is 2.12. The first-order chi connectivity index (χ1) is 9.16. The van der Waals surface area contributed by atoms with Gasteiger partial charge in [0.2, 0.25) is 5.79 Å². The van der Waals surface area contributed by atoms with Crippen molar-refractivity contribution in [2.24, 2.45) is 0 Å². The van der Waals surface area contributed by atoms with Crippen molar-refractivity contribution in [1.29, 1.82) is 0 Å². The van der Waals surface area contributed by atoms with Crippen molar-refractivity contribution in [3.05, 3.63) is 29.6 Å². The number of aromatic nitrogens is 1. The molecule has 19 heavy (non-hydrogen) atoms. The molecule has 0 bridgehead atoms. The van der Waals surface area contributed by atoms with E-state index in [0.717, 1.165) is 12.1 Å². The molecule has 1 unspecified atom stereocenters. The van der Waals surface area contributed by atoms with E-state index in [9.17, 15) is 0 Å². The van der Waals surface area contributed by atoms with Gasteiger partial charge in [-0.2, -0.15) is 0 Å². The fourth-order valence-corrected chi connectivity index (χ4v) is 2.92. The molecule has 0 aromatic carbocycles. The summed E-state index contributed by atoms with van der Waals surface area (Å²) < 4.78 is 11.0. The third-order valence-electron chi connectivity index (χ3n) is 4.21. The first-order valence-corrected chi connectivity index (χ1v) is 6.94. The average Bonchev–Trinajstić information content (AvgIpc) is 2.88. The Morgan fingerprint density at radius 2 is 2.11 bits per heavy atom. The fraction of sp³-hybridized carbons (Fsp3) is 0.667. The second-order valence-electron chi connectivity index (χ2n) is 5.13. The van der Waals surface area contributed by atoms with Gasteiger partial charge in [-0.05, 0) is 38.1 Å². The Balaban J connectivity index is 2.22. The molecule has 0 aliphatic carbocycles. The molecule has 1 aromatic heterocycles. The molecule has 1 saturated heterocycles. The van der Waals surface area contributed by atoms with Crippen LogP contribution in [0.2, 0.25) is 0 Å². The Bertz CT molecular complexity index is 393. The smallest absolute Gasteiger partial charge is 0.211 e. The lowest BCUT2D eigenvalue weighted by atomic mass is 10.0. The highest BCUT2D eigenvalue weighted by molar-refractivity contribution is 5.21. The molecular weight excluding hydrogens is 240 g/mol. The van der Waals surface area contributed by atoms with Gasteiger partial charge in [-0.25, -0.2) is 0 Å². The molecule has 4 nitrogen and oxygen atoms in total. The van der Waals surface area contributed by atoms with Crippen molar-refractivity contribution >= 4 is 0 Å². The Morgan fingerprint density at radius 3 is 2.53 bits per heavy atom. The van der Waals surface area contributed by atoms with Crippen LogP contribution in [0, 0.1) is 0 Å². The van der Waals surface area contributed by atoms with E-state index in [1.54, 1.807) is 14.2 Å². The lowest BCUT2D eigenvalue weighted by Gasteiger charge is -2.29. The van der Waals surface area contributed by atoms with Gasteiger partial charge in [0, 0.05) is 32.9 Å². The first-order valence-electron chi connectivity index (χ1n) is 6.94. The van der Waals surface area contributed by atoms with E-state index in [-0.39, 0.29) is 0 Å². The maximum Gasteiger partial charge on any atom is 0.211 e. The van der Waals surface area contributed by atoms with Crippen molar-refractivity contribution in [1.82, 2.24) is 9.88 Å². The Labute approximate surface area is 115 Å². The van der Waals surface area contributed by atoms with Gasteiger partial charge in [-0.15, -0.1) is 0 Å². The summed E-state index contributed by atoms with van der Waals surface area (Å²) >= 11 is 0. The van der Waals surface area contributed by atoms with Crippen molar-refractivity contribution in [3.8, 4) is 0 Å². The van der Waals surface area contributed by atoms with Gasteiger partial charge >= 0.3 is 0 Å². The first kappa shape index (κ1) is 14.4. The van der Waals surface area contributed by atoms with E-state index in [2.05, 4.69) is 23.0 Å². The lowest BCUT2D eigenvalue weighted by Crippen LogP contribution is -2.31. The zero-order valence-corrected chi connectivity index (χ0v) is 12.3. The van der Waals surface area contributed by atoms with Crippen LogP contribution in [0.4, 0.5) is 0 Å². The van der Waals surface area contributed by atoms with Crippen LogP contribution >= 0.6 is 0 Å². The predicted octanol–water partition coefficient (Wildman–Crippen LogP) is 2.70. The van der Waals surface area contributed by atoms with E-state index in [0.29, 0.717) is 6.04 Å². The van der Waals surface area contributed by atoms with Crippen molar-refractivity contribution in [2.45, 2.75) is 38.0 Å². The molecule has 106 valence electrons. The van der Waals surface area contributed by atoms with Gasteiger partial charge in [-0.3, -0.25) is 9.88 Å². The molecule has 0 amide bonds. The molecule has 0 spiro atoms. The number of likely N-dealkylation sites (tertiary alicyclic amines) is 1. The van der Waals surface area contributed by atoms with Crippen LogP contribution in [0.25, 0.3) is 0 Å². The molecule has 4 heteroatoms. The highest BCUT2D eigenvalue weighted by atomic mass is 16.7. The summed E-state index contributed by atoms with van der Waals surface area (Å²) in [4.78, 5) is 6.95. The lowest BCUT2D eigenvalue weighted by molar-refractivity contribution is -0.220. The number of hydrogen-bond donors (Lipinski definition) is 0. The van der Waals surface area contributed by atoms with Crippen molar-refractivity contribution in [2.75, 3.05) is 27.8 Å². The molecular formula is C15H24N2O2. The fourth-order valence-electron chi connectivity index (χ4n) is 2.92. The molecule has 0 radical (unpaired) electrons. The standard InChI is InChI=1S/C15H24N2O2/c1-5-15(18-3,19-4)14-9-8-12(11-16-14)13-7-6-10-17(13)2/h8-9,11,13H,5-7,10H2,1-4H3. The van der Waals surface area contributed by atoms with Crippen molar-refractivity contribution < 1.29 is 9.47 Å². The van der Waals surface area contributed by atoms with E-state index in [1.807, 2.05) is 19.2 Å². The Kier molecular flexibility index (Phi) is 4.55. The van der Waals surface area contributed by atoms with Gasteiger partial charge in [-0.1, -0.05) is 13.0 Å². The molecule has 0 saturated carbocycles. The van der Waals surface area contributed by atoms with Crippen molar-refractivity contribution in [3.63, 3.8) is 0 Å². The third-order valence-corrected chi connectivity index (χ3v) is 4.21. The van der Waals surface area contributed by atoms with Crippen LogP contribution in [0.5, 0.6) is 0 Å². The SMILES string of the molecule is CCC(OC)(OC)c1ccc(C2CCCN2C)cn1. The van der Waals surface area contributed by atoms with E-state index in [1.165, 1.54) is 24.9 Å². The Hall–Kier alpha value is -0.970. The molecule has 2 heterocycles. The topological polar surface area (TPSA) is 34.6 Å². The second kappa shape index (κ2) is 5.99. The summed E-state index contributed by atoms with van der Waals surface area (Å²) in [5.74, 6) is -0.722. The molecule has 2 rings (SSSR count). The van der Waals surface area contributed by atoms with Crippen LogP contribution in [-0.4, -0.2) is 37.7 Å². The summed E-state index contributed by atoms with van der Waals surface area (Å²) in [6, 6.07) is 4.68. The number of ether oxygens (including phenoxy) is 2. The highest BCUT2D eigenvalue weighted by Gasteiger charge is 2.32. The van der Waals surface area contributed by atoms with Crippen LogP contribution < -0.4 is 0 Å². The molecule has 0 N–H and O–H groups in total. The third kappa shape index (κ3) is 2.66. The predicted molar refractivity (Wildman–Crippen MR) is 74.8 cm³/mol. The summed E-state index contributed by atoms with van der Waals surface area (Å²) in [5, 5.41) is 0. The molecule has 1 aromatic rings. The maximum absolute atomic E-state index is 5.51. The molecule has 1 atom stereocenters. The van der Waals surface area contributed by atoms with Crippen LogP contribution in [0.15, 0.2) is 18.3 Å². The van der Waals surface area contributed by atoms with E-state index in [4.69, 9.17) is 9.47 Å². The number of pyridine rings is 1. The normalized spacial score (nSPS) is 20.9. The van der Waals surface area contributed by atoms with Crippen LogP contribution in [-0.2, 0) is 15.3 Å². The molecule has 1 fully saturated rings. The monoisotopic (exact) mass is 264 g/mol. The van der Waals surface area contributed by atoms with Gasteiger partial charge in [0.05, 0.1) is 5.69 Å². The number of hydrogen-bond acceptors (Lipinski definition) is 4. The summed E-state index contributed by atoms with van der Waals surface area (Å²) in [7, 11) is 5.49. The van der Waals surface area contributed by atoms with Gasteiger partial charge in [0.15, 0.2) is 0 Å². The quantitative estimate of drug-likeness (QED) is 0.766. The summed E-state index contributed by atoms with van der Waals surface area (Å²) in [6.45, 7) is 3.20. The zero-order valence-electron chi connectivity index (χ0n) is 12.3. The van der Waals surface area contributed by atoms with Gasteiger partial charge in [0.25, 0.3) is 0 Å². The average molecular weight is 264 g/mol. The van der Waals surface area contributed by atoms with E-state index >= 15 is 0 Å². The minimum Gasteiger partial charge on any atom is -0.348 e. The maximum atomic E-state index is 5.51. The molecule has 1 aliphatic heterocycles. The zero-order chi connectivity index (χ0) is 13.9. The van der Waals surface area contributed by atoms with Gasteiger partial charge in [0.1, 0.15) is 0 Å². The minimum atomic E-state index is -0.722. The van der Waals surface area contributed by atoms with Crippen LogP contribution in [0.3, 0.4) is 0 Å². The van der Waals surface area contributed by atoms with E-state index < -0.39 is 5.79 Å². The minimum absolute atomic E-state index is 0.502. The summed E-state index contributed by atoms with van der Waals surface area (Å²) in [6.07, 6.45) is 5.17. The number of methoxy groups -OCH3 is 2. The van der Waals surface area contributed by atoms with Gasteiger partial charge < -0.3 is 9.47 Å².